The second-order valence-electron chi connectivity index (χ2n) is 5.87. The summed E-state index contributed by atoms with van der Waals surface area (Å²) in [6.07, 6.45) is 2.46. The van der Waals surface area contributed by atoms with Gasteiger partial charge in [0.25, 0.3) is 0 Å². The van der Waals surface area contributed by atoms with Crippen molar-refractivity contribution in [1.29, 1.82) is 0 Å². The van der Waals surface area contributed by atoms with E-state index < -0.39 is 0 Å². The molecule has 0 bridgehead atoms. The van der Waals surface area contributed by atoms with Crippen LogP contribution in [0.4, 0.5) is 0 Å². The van der Waals surface area contributed by atoms with Gasteiger partial charge in [0, 0.05) is 26.1 Å². The van der Waals surface area contributed by atoms with Crippen LogP contribution in [0.2, 0.25) is 0 Å². The number of methoxy groups -OCH3 is 1. The molecule has 5 heteroatoms. The Bertz CT molecular complexity index is 373. The quantitative estimate of drug-likeness (QED) is 0.782. The summed E-state index contributed by atoms with van der Waals surface area (Å²) >= 11 is 0. The first-order valence-electron chi connectivity index (χ1n) is 7.05. The van der Waals surface area contributed by atoms with Crippen LogP contribution in [-0.4, -0.2) is 40.1 Å². The third-order valence-corrected chi connectivity index (χ3v) is 3.44. The van der Waals surface area contributed by atoms with Crippen LogP contribution < -0.4 is 5.32 Å². The van der Waals surface area contributed by atoms with Crippen molar-refractivity contribution in [2.75, 3.05) is 13.7 Å². The average molecular weight is 268 g/mol. The predicted octanol–water partition coefficient (Wildman–Crippen LogP) is 1.88. The van der Waals surface area contributed by atoms with E-state index in [4.69, 9.17) is 4.74 Å². The molecule has 0 fully saturated rings. The zero-order chi connectivity index (χ0) is 14.5. The number of likely N-dealkylation sites (N-methyl/N-ethyl adjacent to an activating group) is 1. The van der Waals surface area contributed by atoms with E-state index in [2.05, 4.69) is 50.0 Å². The van der Waals surface area contributed by atoms with Gasteiger partial charge in [-0.3, -0.25) is 0 Å². The molecule has 1 rings (SSSR count). The molecule has 0 aliphatic carbocycles. The molecule has 0 spiro atoms. The number of hydrogen-bond donors (Lipinski definition) is 1. The molecule has 0 amide bonds. The zero-order valence-electron chi connectivity index (χ0n) is 13.1. The summed E-state index contributed by atoms with van der Waals surface area (Å²) < 4.78 is 7.60. The van der Waals surface area contributed by atoms with Gasteiger partial charge in [0.2, 0.25) is 0 Å². The van der Waals surface area contributed by atoms with E-state index in [1.165, 1.54) is 0 Å². The molecule has 5 nitrogen and oxygen atoms in total. The molecule has 0 aromatic carbocycles. The van der Waals surface area contributed by atoms with Crippen LogP contribution in [0, 0.1) is 5.92 Å². The van der Waals surface area contributed by atoms with Gasteiger partial charge >= 0.3 is 0 Å². The molecule has 0 aliphatic rings. The molecule has 1 aromatic rings. The second-order valence-corrected chi connectivity index (χ2v) is 5.87. The standard InChI is InChI=1S/C14H28N4O/c1-7-15-12(14(4,5)19-6)8-13-16-10-17-18(13)9-11(2)3/h10-12,15H,7-9H2,1-6H3. The van der Waals surface area contributed by atoms with Crippen molar-refractivity contribution < 1.29 is 4.74 Å². The molecule has 1 N–H and O–H groups in total. The lowest BCUT2D eigenvalue weighted by Gasteiger charge is -2.33. The zero-order valence-corrected chi connectivity index (χ0v) is 13.1. The van der Waals surface area contributed by atoms with Crippen molar-refractivity contribution in [3.63, 3.8) is 0 Å². The summed E-state index contributed by atoms with van der Waals surface area (Å²) in [6.45, 7) is 12.5. The summed E-state index contributed by atoms with van der Waals surface area (Å²) in [4.78, 5) is 4.40. The molecule has 19 heavy (non-hydrogen) atoms. The number of ether oxygens (including phenoxy) is 1. The lowest BCUT2D eigenvalue weighted by Crippen LogP contribution is -2.49. The Hall–Kier alpha value is -0.940. The Balaban J connectivity index is 2.82. The van der Waals surface area contributed by atoms with Gasteiger partial charge in [0.1, 0.15) is 12.2 Å². The van der Waals surface area contributed by atoms with Gasteiger partial charge in [-0.2, -0.15) is 5.10 Å². The molecular weight excluding hydrogens is 240 g/mol. The Morgan fingerprint density at radius 2 is 2.11 bits per heavy atom. The normalized spacial score (nSPS) is 14.1. The number of rotatable bonds is 8. The largest absolute Gasteiger partial charge is 0.377 e. The van der Waals surface area contributed by atoms with Crippen LogP contribution in [-0.2, 0) is 17.7 Å². The fourth-order valence-corrected chi connectivity index (χ4v) is 2.08. The molecule has 1 heterocycles. The lowest BCUT2D eigenvalue weighted by atomic mass is 9.95. The smallest absolute Gasteiger partial charge is 0.138 e. The minimum absolute atomic E-state index is 0.220. The van der Waals surface area contributed by atoms with E-state index in [0.717, 1.165) is 25.3 Å². The maximum absolute atomic E-state index is 5.60. The molecule has 0 saturated heterocycles. The van der Waals surface area contributed by atoms with Crippen LogP contribution in [0.3, 0.4) is 0 Å². The van der Waals surface area contributed by atoms with E-state index in [1.807, 2.05) is 4.68 Å². The molecular formula is C14H28N4O. The maximum atomic E-state index is 5.60. The van der Waals surface area contributed by atoms with Gasteiger partial charge in [-0.25, -0.2) is 9.67 Å². The van der Waals surface area contributed by atoms with Gasteiger partial charge < -0.3 is 10.1 Å². The Morgan fingerprint density at radius 1 is 1.42 bits per heavy atom. The summed E-state index contributed by atoms with van der Waals surface area (Å²) in [5.74, 6) is 1.58. The van der Waals surface area contributed by atoms with Gasteiger partial charge in [-0.15, -0.1) is 0 Å². The number of nitrogens with one attached hydrogen (secondary N) is 1. The van der Waals surface area contributed by atoms with E-state index in [1.54, 1.807) is 13.4 Å². The molecule has 110 valence electrons. The molecule has 0 radical (unpaired) electrons. The van der Waals surface area contributed by atoms with E-state index in [-0.39, 0.29) is 11.6 Å². The Kier molecular flexibility index (Phi) is 5.94. The fraction of sp³-hybridized carbons (Fsp3) is 0.857. The third kappa shape index (κ3) is 4.58. The van der Waals surface area contributed by atoms with Crippen LogP contribution in [0.5, 0.6) is 0 Å². The van der Waals surface area contributed by atoms with E-state index >= 15 is 0 Å². The maximum Gasteiger partial charge on any atom is 0.138 e. The molecule has 1 atom stereocenters. The summed E-state index contributed by atoms with van der Waals surface area (Å²) in [5, 5.41) is 7.80. The minimum Gasteiger partial charge on any atom is -0.377 e. The lowest BCUT2D eigenvalue weighted by molar-refractivity contribution is -0.0104. The van der Waals surface area contributed by atoms with Crippen molar-refractivity contribution >= 4 is 0 Å². The topological polar surface area (TPSA) is 52.0 Å². The van der Waals surface area contributed by atoms with E-state index in [0.29, 0.717) is 5.92 Å². The average Bonchev–Trinajstić information content (AvgIpc) is 2.75. The number of hydrogen-bond acceptors (Lipinski definition) is 4. The minimum atomic E-state index is -0.232. The monoisotopic (exact) mass is 268 g/mol. The highest BCUT2D eigenvalue weighted by Crippen LogP contribution is 2.17. The summed E-state index contributed by atoms with van der Waals surface area (Å²) in [6, 6.07) is 0.220. The van der Waals surface area contributed by atoms with Crippen molar-refractivity contribution in [2.45, 2.75) is 59.2 Å². The molecule has 1 aromatic heterocycles. The predicted molar refractivity (Wildman–Crippen MR) is 77.1 cm³/mol. The van der Waals surface area contributed by atoms with Crippen molar-refractivity contribution in [3.05, 3.63) is 12.2 Å². The van der Waals surface area contributed by atoms with Gasteiger partial charge in [0.15, 0.2) is 0 Å². The van der Waals surface area contributed by atoms with Crippen molar-refractivity contribution in [1.82, 2.24) is 20.1 Å². The molecule has 1 unspecified atom stereocenters. The van der Waals surface area contributed by atoms with Crippen LogP contribution >= 0.6 is 0 Å². The first-order chi connectivity index (χ1) is 8.90. The van der Waals surface area contributed by atoms with Gasteiger partial charge in [0.05, 0.1) is 5.60 Å². The highest BCUT2D eigenvalue weighted by atomic mass is 16.5. The Morgan fingerprint density at radius 3 is 2.63 bits per heavy atom. The highest BCUT2D eigenvalue weighted by molar-refractivity contribution is 4.96. The summed E-state index contributed by atoms with van der Waals surface area (Å²) in [7, 11) is 1.75. The van der Waals surface area contributed by atoms with Crippen LogP contribution in [0.25, 0.3) is 0 Å². The fourth-order valence-electron chi connectivity index (χ4n) is 2.08. The van der Waals surface area contributed by atoms with Gasteiger partial charge in [-0.05, 0) is 26.3 Å². The van der Waals surface area contributed by atoms with E-state index in [9.17, 15) is 0 Å². The van der Waals surface area contributed by atoms with Crippen molar-refractivity contribution in [3.8, 4) is 0 Å². The molecule has 0 saturated carbocycles. The van der Waals surface area contributed by atoms with Crippen molar-refractivity contribution in [2.24, 2.45) is 5.92 Å². The first kappa shape index (κ1) is 16.1. The Labute approximate surface area is 116 Å². The highest BCUT2D eigenvalue weighted by Gasteiger charge is 2.30. The third-order valence-electron chi connectivity index (χ3n) is 3.44. The van der Waals surface area contributed by atoms with Crippen LogP contribution in [0.1, 0.15) is 40.4 Å². The number of nitrogens with zero attached hydrogens (tertiary/aromatic N) is 3. The summed E-state index contributed by atoms with van der Waals surface area (Å²) in [5.41, 5.74) is -0.232. The van der Waals surface area contributed by atoms with Crippen LogP contribution in [0.15, 0.2) is 6.33 Å². The first-order valence-corrected chi connectivity index (χ1v) is 7.05. The SMILES string of the molecule is CCNC(Cc1ncnn1CC(C)C)C(C)(C)OC. The number of aromatic nitrogens is 3. The molecule has 0 aliphatic heterocycles. The second kappa shape index (κ2) is 7.01. The van der Waals surface area contributed by atoms with Gasteiger partial charge in [-0.1, -0.05) is 20.8 Å².